The Hall–Kier alpha value is -3.91. The lowest BCUT2D eigenvalue weighted by Crippen LogP contribution is -2.38. The van der Waals surface area contributed by atoms with E-state index in [4.69, 9.17) is 14.2 Å². The number of hydrogen-bond acceptors (Lipinski definition) is 8. The summed E-state index contributed by atoms with van der Waals surface area (Å²) in [7, 11) is 0. The Morgan fingerprint density at radius 2 is 1.89 bits per heavy atom. The third-order valence-electron chi connectivity index (χ3n) is 5.54. The summed E-state index contributed by atoms with van der Waals surface area (Å²) in [4.78, 5) is 17.0. The number of ether oxygens (including phenoxy) is 3. The standard InChI is InChI=1S/C27H24F3N3O4S/c1-4-35-26(34)25-33(15-27(2,3)38-25)22-20(28)23(30)32-24(21(22)29)37-19-12-17(13-31)10-11-18(19)36-14-16-8-6-5-7-9-16/h5-12,25H,4,14-15H2,1-3H3. The van der Waals surface area contributed by atoms with Crippen molar-refractivity contribution in [3.63, 3.8) is 0 Å². The molecule has 2 heterocycles. The van der Waals surface area contributed by atoms with Gasteiger partial charge < -0.3 is 19.1 Å². The number of aromatic nitrogens is 1. The van der Waals surface area contributed by atoms with Crippen molar-refractivity contribution < 1.29 is 32.2 Å². The number of nitrogens with zero attached hydrogens (tertiary/aromatic N) is 3. The predicted molar refractivity (Wildman–Crippen MR) is 136 cm³/mol. The molecule has 1 atom stereocenters. The van der Waals surface area contributed by atoms with E-state index in [-0.39, 0.29) is 36.8 Å². The van der Waals surface area contributed by atoms with Crippen molar-refractivity contribution >= 4 is 23.4 Å². The Morgan fingerprint density at radius 3 is 2.58 bits per heavy atom. The molecule has 0 saturated carbocycles. The minimum absolute atomic E-state index is 0.0211. The normalized spacial score (nSPS) is 16.1. The van der Waals surface area contributed by atoms with E-state index in [2.05, 4.69) is 4.98 Å². The molecule has 1 aliphatic rings. The molecule has 1 aromatic heterocycles. The average molecular weight is 544 g/mol. The number of benzene rings is 2. The maximum atomic E-state index is 15.8. The van der Waals surface area contributed by atoms with Crippen LogP contribution in [0.25, 0.3) is 0 Å². The third kappa shape index (κ3) is 5.81. The number of rotatable bonds is 8. The van der Waals surface area contributed by atoms with Crippen LogP contribution in [0.2, 0.25) is 0 Å². The van der Waals surface area contributed by atoms with E-state index in [1.165, 1.54) is 18.2 Å². The van der Waals surface area contributed by atoms with Gasteiger partial charge in [-0.1, -0.05) is 30.3 Å². The molecule has 3 aromatic rings. The molecule has 0 aliphatic carbocycles. The van der Waals surface area contributed by atoms with Gasteiger partial charge in [0.1, 0.15) is 12.3 Å². The summed E-state index contributed by atoms with van der Waals surface area (Å²) in [5.41, 5.74) is 0.198. The van der Waals surface area contributed by atoms with Crippen LogP contribution >= 0.6 is 11.8 Å². The molecule has 2 aromatic carbocycles. The fourth-order valence-corrected chi connectivity index (χ4v) is 5.19. The van der Waals surface area contributed by atoms with Gasteiger partial charge >= 0.3 is 5.97 Å². The van der Waals surface area contributed by atoms with Crippen molar-refractivity contribution in [2.75, 3.05) is 18.1 Å². The largest absolute Gasteiger partial charge is 0.485 e. The molecule has 0 amide bonds. The topological polar surface area (TPSA) is 84.7 Å². The van der Waals surface area contributed by atoms with Crippen molar-refractivity contribution in [3.8, 4) is 23.4 Å². The van der Waals surface area contributed by atoms with E-state index in [1.807, 2.05) is 36.4 Å². The second-order valence-electron chi connectivity index (χ2n) is 8.94. The zero-order valence-corrected chi connectivity index (χ0v) is 21.7. The molecule has 4 rings (SSSR count). The number of nitriles is 1. The van der Waals surface area contributed by atoms with Gasteiger partial charge in [-0.3, -0.25) is 0 Å². The Balaban J connectivity index is 1.72. The van der Waals surface area contributed by atoms with Crippen molar-refractivity contribution in [2.24, 2.45) is 0 Å². The van der Waals surface area contributed by atoms with Gasteiger partial charge in [-0.15, -0.1) is 11.8 Å². The monoisotopic (exact) mass is 543 g/mol. The van der Waals surface area contributed by atoms with E-state index in [0.717, 1.165) is 22.2 Å². The Kier molecular flexibility index (Phi) is 8.02. The van der Waals surface area contributed by atoms with Crippen LogP contribution in [0.1, 0.15) is 31.9 Å². The molecule has 1 unspecified atom stereocenters. The van der Waals surface area contributed by atoms with Gasteiger partial charge in [-0.05, 0) is 38.5 Å². The second kappa shape index (κ2) is 11.2. The van der Waals surface area contributed by atoms with Gasteiger partial charge in [0.05, 0.1) is 18.2 Å². The van der Waals surface area contributed by atoms with Crippen LogP contribution in [0.3, 0.4) is 0 Å². The van der Waals surface area contributed by atoms with Gasteiger partial charge in [0.15, 0.2) is 16.9 Å². The molecule has 1 aliphatic heterocycles. The fraction of sp³-hybridized carbons (Fsp3) is 0.296. The number of esters is 1. The molecule has 1 saturated heterocycles. The van der Waals surface area contributed by atoms with Crippen molar-refractivity contribution in [3.05, 3.63) is 77.2 Å². The summed E-state index contributed by atoms with van der Waals surface area (Å²) in [6.45, 7) is 5.40. The molecule has 7 nitrogen and oxygen atoms in total. The lowest BCUT2D eigenvalue weighted by molar-refractivity contribution is -0.142. The van der Waals surface area contributed by atoms with Crippen LogP contribution in [-0.4, -0.2) is 34.2 Å². The first-order valence-corrected chi connectivity index (χ1v) is 12.6. The number of thioether (sulfide) groups is 1. The van der Waals surface area contributed by atoms with Gasteiger partial charge in [0, 0.05) is 17.4 Å². The Morgan fingerprint density at radius 1 is 1.16 bits per heavy atom. The number of carbonyl (C=O) groups is 1. The number of carbonyl (C=O) groups excluding carboxylic acids is 1. The highest BCUT2D eigenvalue weighted by molar-refractivity contribution is 8.02. The first-order chi connectivity index (χ1) is 18.1. The zero-order valence-electron chi connectivity index (χ0n) is 20.8. The highest BCUT2D eigenvalue weighted by Crippen LogP contribution is 2.45. The number of anilines is 1. The molecule has 1 fully saturated rings. The summed E-state index contributed by atoms with van der Waals surface area (Å²) in [6.07, 6.45) is 0. The lowest BCUT2D eigenvalue weighted by Gasteiger charge is -2.26. The second-order valence-corrected chi connectivity index (χ2v) is 10.7. The van der Waals surface area contributed by atoms with E-state index in [9.17, 15) is 14.4 Å². The SMILES string of the molecule is CCOC(=O)C1SC(C)(C)CN1c1c(F)c(F)nc(Oc2cc(C#N)ccc2OCc2ccccc2)c1F. The van der Waals surface area contributed by atoms with E-state index >= 15 is 8.78 Å². The van der Waals surface area contributed by atoms with Crippen LogP contribution in [0.5, 0.6) is 17.4 Å². The Labute approximate surface area is 222 Å². The van der Waals surface area contributed by atoms with Gasteiger partial charge in [0.25, 0.3) is 11.8 Å². The summed E-state index contributed by atoms with van der Waals surface area (Å²) >= 11 is 1.14. The minimum Gasteiger partial charge on any atom is -0.485 e. The number of halogens is 3. The highest BCUT2D eigenvalue weighted by atomic mass is 32.2. The van der Waals surface area contributed by atoms with Gasteiger partial charge in [-0.25, -0.2) is 4.79 Å². The van der Waals surface area contributed by atoms with Crippen LogP contribution in [0.4, 0.5) is 18.9 Å². The third-order valence-corrected chi connectivity index (χ3v) is 6.98. The average Bonchev–Trinajstić information content (AvgIpc) is 3.22. The molecule has 11 heteroatoms. The van der Waals surface area contributed by atoms with E-state index < -0.39 is 45.2 Å². The van der Waals surface area contributed by atoms with Crippen molar-refractivity contribution in [2.45, 2.75) is 37.5 Å². The molecule has 0 N–H and O–H groups in total. The summed E-state index contributed by atoms with van der Waals surface area (Å²) in [6, 6.07) is 15.3. The summed E-state index contributed by atoms with van der Waals surface area (Å²) in [5.74, 6) is -6.07. The Bertz CT molecular complexity index is 1380. The molecule has 0 bridgehead atoms. The number of pyridine rings is 1. The van der Waals surface area contributed by atoms with Gasteiger partial charge in [-0.2, -0.15) is 23.4 Å². The summed E-state index contributed by atoms with van der Waals surface area (Å²) in [5, 5.41) is 8.21. The maximum Gasteiger partial charge on any atom is 0.339 e. The molecule has 38 heavy (non-hydrogen) atoms. The number of hydrogen-bond donors (Lipinski definition) is 0. The van der Waals surface area contributed by atoms with Gasteiger partial charge in [0.2, 0.25) is 11.6 Å². The predicted octanol–water partition coefficient (Wildman–Crippen LogP) is 5.96. The molecular weight excluding hydrogens is 519 g/mol. The molecule has 198 valence electrons. The van der Waals surface area contributed by atoms with E-state index in [1.54, 1.807) is 20.8 Å². The van der Waals surface area contributed by atoms with Crippen molar-refractivity contribution in [1.82, 2.24) is 4.98 Å². The lowest BCUT2D eigenvalue weighted by atomic mass is 10.1. The van der Waals surface area contributed by atoms with Crippen LogP contribution in [0, 0.1) is 28.9 Å². The molecular formula is C27H24F3N3O4S. The highest BCUT2D eigenvalue weighted by Gasteiger charge is 2.46. The zero-order chi connectivity index (χ0) is 27.4. The first kappa shape index (κ1) is 27.1. The van der Waals surface area contributed by atoms with Crippen LogP contribution in [-0.2, 0) is 16.1 Å². The quantitative estimate of drug-likeness (QED) is 0.254. The van der Waals surface area contributed by atoms with Crippen LogP contribution < -0.4 is 14.4 Å². The van der Waals surface area contributed by atoms with Crippen LogP contribution in [0.15, 0.2) is 48.5 Å². The molecule has 0 spiro atoms. The smallest absolute Gasteiger partial charge is 0.339 e. The molecule has 0 radical (unpaired) electrons. The maximum absolute atomic E-state index is 15.8. The van der Waals surface area contributed by atoms with E-state index in [0.29, 0.717) is 0 Å². The van der Waals surface area contributed by atoms with Crippen molar-refractivity contribution in [1.29, 1.82) is 5.26 Å². The summed E-state index contributed by atoms with van der Waals surface area (Å²) < 4.78 is 61.3. The fourth-order valence-electron chi connectivity index (χ4n) is 3.90. The first-order valence-electron chi connectivity index (χ1n) is 11.7. The minimum atomic E-state index is -1.61.